The third kappa shape index (κ3) is 7.97. The summed E-state index contributed by atoms with van der Waals surface area (Å²) in [5.74, 6) is 1.00. The molecule has 2 atom stereocenters. The van der Waals surface area contributed by atoms with Crippen molar-refractivity contribution in [3.63, 3.8) is 0 Å². The van der Waals surface area contributed by atoms with E-state index in [0.29, 0.717) is 25.0 Å². The lowest BCUT2D eigenvalue weighted by Crippen LogP contribution is -2.44. The number of hydrogen-bond donors (Lipinski definition) is 3. The van der Waals surface area contributed by atoms with Gasteiger partial charge in [0, 0.05) is 32.2 Å². The third-order valence-electron chi connectivity index (χ3n) is 5.01. The fraction of sp³-hybridized carbons (Fsp3) is 0.435. The van der Waals surface area contributed by atoms with Crippen LogP contribution in [0.1, 0.15) is 37.8 Å². The zero-order chi connectivity index (χ0) is 22.7. The molecule has 0 aliphatic carbocycles. The van der Waals surface area contributed by atoms with Crippen LogP contribution in [-0.4, -0.2) is 47.2 Å². The van der Waals surface area contributed by atoms with E-state index in [1.807, 2.05) is 31.2 Å². The summed E-state index contributed by atoms with van der Waals surface area (Å²) in [5.41, 5.74) is 2.08. The van der Waals surface area contributed by atoms with Crippen LogP contribution < -0.4 is 15.4 Å². The predicted octanol–water partition coefficient (Wildman–Crippen LogP) is 2.86. The average molecular weight is 447 g/mol. The van der Waals surface area contributed by atoms with Crippen molar-refractivity contribution >= 4 is 16.0 Å². The van der Waals surface area contributed by atoms with Crippen molar-refractivity contribution in [1.82, 2.24) is 15.4 Å². The first-order valence-electron chi connectivity index (χ1n) is 10.5. The molecular formula is C23H34N4O3S. The fourth-order valence-electron chi connectivity index (χ4n) is 3.05. The Hall–Kier alpha value is -2.42. The van der Waals surface area contributed by atoms with Gasteiger partial charge in [-0.15, -0.1) is 0 Å². The third-order valence-corrected chi connectivity index (χ3v) is 6.47. The van der Waals surface area contributed by atoms with Crippen molar-refractivity contribution in [3.05, 3.63) is 65.7 Å². The maximum atomic E-state index is 12.4. The van der Waals surface area contributed by atoms with Gasteiger partial charge in [0.2, 0.25) is 10.0 Å². The molecule has 2 rings (SSSR count). The molecule has 8 heteroatoms. The first-order valence-corrected chi connectivity index (χ1v) is 12.0. The molecule has 2 unspecified atom stereocenters. The molecule has 0 radical (unpaired) electrons. The number of guanidine groups is 1. The number of aliphatic imine (C=N–C) groups is 1. The van der Waals surface area contributed by atoms with Gasteiger partial charge in [0.05, 0.1) is 18.0 Å². The molecule has 2 aromatic rings. The number of methoxy groups -OCH3 is 1. The molecule has 170 valence electrons. The maximum Gasteiger partial charge on any atom is 0.240 e. The van der Waals surface area contributed by atoms with Crippen LogP contribution in [0.25, 0.3) is 0 Å². The predicted molar refractivity (Wildman–Crippen MR) is 126 cm³/mol. The van der Waals surface area contributed by atoms with Crippen LogP contribution in [0.4, 0.5) is 0 Å². The molecule has 31 heavy (non-hydrogen) atoms. The normalized spacial score (nSPS) is 14.1. The Bertz CT molecular complexity index is 933. The molecule has 0 saturated heterocycles. The number of sulfonamides is 1. The smallest absolute Gasteiger partial charge is 0.240 e. The molecule has 0 aliphatic rings. The van der Waals surface area contributed by atoms with Crippen molar-refractivity contribution in [1.29, 1.82) is 0 Å². The molecule has 0 aliphatic heterocycles. The summed E-state index contributed by atoms with van der Waals surface area (Å²) in [7, 11) is -2.04. The first kappa shape index (κ1) is 24.8. The van der Waals surface area contributed by atoms with E-state index < -0.39 is 10.0 Å². The van der Waals surface area contributed by atoms with Crippen LogP contribution in [0.5, 0.6) is 0 Å². The van der Waals surface area contributed by atoms with E-state index >= 15 is 0 Å². The number of ether oxygens (including phenoxy) is 1. The fourth-order valence-corrected chi connectivity index (χ4v) is 4.13. The van der Waals surface area contributed by atoms with Gasteiger partial charge in [0.1, 0.15) is 0 Å². The maximum absolute atomic E-state index is 12.4. The molecule has 0 spiro atoms. The second-order valence-corrected chi connectivity index (χ2v) is 9.13. The molecule has 2 aromatic carbocycles. The highest BCUT2D eigenvalue weighted by Gasteiger charge is 2.16. The van der Waals surface area contributed by atoms with Crippen LogP contribution >= 0.6 is 0 Å². The van der Waals surface area contributed by atoms with Crippen LogP contribution in [0.2, 0.25) is 0 Å². The number of hydrogen-bond acceptors (Lipinski definition) is 4. The summed E-state index contributed by atoms with van der Waals surface area (Å²) in [6, 6.07) is 17.4. The highest BCUT2D eigenvalue weighted by atomic mass is 32.2. The van der Waals surface area contributed by atoms with Gasteiger partial charge in [-0.05, 0) is 37.1 Å². The van der Waals surface area contributed by atoms with Gasteiger partial charge in [-0.2, -0.15) is 0 Å². The topological polar surface area (TPSA) is 91.8 Å². The lowest BCUT2D eigenvalue weighted by molar-refractivity contribution is 0.204. The molecule has 3 N–H and O–H groups in total. The quantitative estimate of drug-likeness (QED) is 0.280. The Morgan fingerprint density at radius 1 is 1.10 bits per heavy atom. The lowest BCUT2D eigenvalue weighted by Gasteiger charge is -2.24. The standard InChI is InChI=1S/C23H34N4O3S/c1-5-24-23(27-19(3)18(2)21-11-7-6-8-12-21)25-17-20-10-9-13-22(16-20)31(28,29)26-14-15-30-4/h6-13,16,18-19,26H,5,14-15,17H2,1-4H3,(H2,24,25,27). The molecular weight excluding hydrogens is 412 g/mol. The van der Waals surface area contributed by atoms with Crippen LogP contribution in [0, 0.1) is 0 Å². The number of rotatable bonds is 11. The summed E-state index contributed by atoms with van der Waals surface area (Å²) in [6.07, 6.45) is 0. The molecule has 0 heterocycles. The Balaban J connectivity index is 2.08. The Kier molecular flexibility index (Phi) is 9.97. The minimum atomic E-state index is -3.57. The summed E-state index contributed by atoms with van der Waals surface area (Å²) in [6.45, 7) is 7.97. The number of nitrogens with one attached hydrogen (secondary N) is 3. The van der Waals surface area contributed by atoms with Gasteiger partial charge >= 0.3 is 0 Å². The molecule has 0 saturated carbocycles. The summed E-state index contributed by atoms with van der Waals surface area (Å²) < 4.78 is 32.3. The van der Waals surface area contributed by atoms with Gasteiger partial charge in [-0.1, -0.05) is 49.4 Å². The molecule has 0 amide bonds. The van der Waals surface area contributed by atoms with Gasteiger partial charge < -0.3 is 15.4 Å². The second kappa shape index (κ2) is 12.4. The Morgan fingerprint density at radius 2 is 1.84 bits per heavy atom. The summed E-state index contributed by atoms with van der Waals surface area (Å²) >= 11 is 0. The number of nitrogens with zero attached hydrogens (tertiary/aromatic N) is 1. The average Bonchev–Trinajstić information content (AvgIpc) is 2.78. The van der Waals surface area contributed by atoms with E-state index in [2.05, 4.69) is 46.3 Å². The van der Waals surface area contributed by atoms with Crippen molar-refractivity contribution < 1.29 is 13.2 Å². The zero-order valence-corrected chi connectivity index (χ0v) is 19.6. The first-order chi connectivity index (χ1) is 14.9. The van der Waals surface area contributed by atoms with E-state index in [1.165, 1.54) is 12.7 Å². The highest BCUT2D eigenvalue weighted by molar-refractivity contribution is 7.89. The van der Waals surface area contributed by atoms with E-state index in [9.17, 15) is 8.42 Å². The minimum Gasteiger partial charge on any atom is -0.383 e. The molecule has 0 fully saturated rings. The van der Waals surface area contributed by atoms with Gasteiger partial charge in [-0.3, -0.25) is 0 Å². The van der Waals surface area contributed by atoms with Gasteiger partial charge in [0.15, 0.2) is 5.96 Å². The van der Waals surface area contributed by atoms with Crippen molar-refractivity contribution in [2.24, 2.45) is 4.99 Å². The van der Waals surface area contributed by atoms with E-state index in [-0.39, 0.29) is 17.5 Å². The highest BCUT2D eigenvalue weighted by Crippen LogP contribution is 2.18. The lowest BCUT2D eigenvalue weighted by atomic mass is 9.94. The van der Waals surface area contributed by atoms with Gasteiger partial charge in [-0.25, -0.2) is 18.1 Å². The Labute approximate surface area is 186 Å². The monoisotopic (exact) mass is 446 g/mol. The summed E-state index contributed by atoms with van der Waals surface area (Å²) in [5, 5.41) is 6.72. The second-order valence-electron chi connectivity index (χ2n) is 7.37. The zero-order valence-electron chi connectivity index (χ0n) is 18.8. The van der Waals surface area contributed by atoms with E-state index in [4.69, 9.17) is 4.74 Å². The van der Waals surface area contributed by atoms with E-state index in [0.717, 1.165) is 12.1 Å². The number of benzene rings is 2. The van der Waals surface area contributed by atoms with Gasteiger partial charge in [0.25, 0.3) is 0 Å². The van der Waals surface area contributed by atoms with E-state index in [1.54, 1.807) is 18.2 Å². The Morgan fingerprint density at radius 3 is 2.52 bits per heavy atom. The largest absolute Gasteiger partial charge is 0.383 e. The molecule has 0 bridgehead atoms. The van der Waals surface area contributed by atoms with Crippen molar-refractivity contribution in [2.45, 2.75) is 44.2 Å². The van der Waals surface area contributed by atoms with Crippen molar-refractivity contribution in [3.8, 4) is 0 Å². The van der Waals surface area contributed by atoms with Crippen LogP contribution in [0.15, 0.2) is 64.5 Å². The minimum absolute atomic E-state index is 0.164. The SMILES string of the molecule is CCNC(=NCc1cccc(S(=O)(=O)NCCOC)c1)NC(C)C(C)c1ccccc1. The van der Waals surface area contributed by atoms with Crippen LogP contribution in [0.3, 0.4) is 0 Å². The van der Waals surface area contributed by atoms with Crippen LogP contribution in [-0.2, 0) is 21.3 Å². The molecule has 0 aromatic heterocycles. The van der Waals surface area contributed by atoms with Crippen molar-refractivity contribution in [2.75, 3.05) is 26.8 Å². The summed E-state index contributed by atoms with van der Waals surface area (Å²) in [4.78, 5) is 4.88. The molecule has 7 nitrogen and oxygen atoms in total.